The van der Waals surface area contributed by atoms with Crippen LogP contribution >= 0.6 is 11.6 Å². The van der Waals surface area contributed by atoms with Gasteiger partial charge in [-0.3, -0.25) is 14.3 Å². The first-order valence-corrected chi connectivity index (χ1v) is 14.7. The molecule has 1 saturated heterocycles. The number of halogens is 1. The number of hydrogen-bond acceptors (Lipinski definition) is 5. The van der Waals surface area contributed by atoms with E-state index in [2.05, 4.69) is 72.2 Å². The minimum atomic E-state index is -0.382. The number of carbonyl (C=O) groups is 1. The Morgan fingerprint density at radius 2 is 1.72 bits per heavy atom. The van der Waals surface area contributed by atoms with Crippen molar-refractivity contribution in [3.8, 4) is 5.69 Å². The molecule has 0 amide bonds. The predicted octanol–water partition coefficient (Wildman–Crippen LogP) is 5.97. The Morgan fingerprint density at radius 1 is 1.03 bits per heavy atom. The lowest BCUT2D eigenvalue weighted by atomic mass is 9.59. The van der Waals surface area contributed by atoms with Crippen LogP contribution in [0.15, 0.2) is 41.2 Å². The lowest BCUT2D eigenvalue weighted by Gasteiger charge is -2.49. The molecule has 0 radical (unpaired) electrons. The summed E-state index contributed by atoms with van der Waals surface area (Å²) < 4.78 is 2.13. The molecule has 6 nitrogen and oxygen atoms in total. The summed E-state index contributed by atoms with van der Waals surface area (Å²) in [6, 6.07) is 12.9. The molecule has 2 aromatic carbocycles. The second-order valence-electron chi connectivity index (χ2n) is 13.3. The second kappa shape index (κ2) is 9.17. The van der Waals surface area contributed by atoms with Crippen molar-refractivity contribution in [2.75, 3.05) is 31.1 Å². The molecule has 3 heterocycles. The Morgan fingerprint density at radius 3 is 2.36 bits per heavy atom. The van der Waals surface area contributed by atoms with Crippen molar-refractivity contribution in [2.45, 2.75) is 71.8 Å². The van der Waals surface area contributed by atoms with E-state index in [0.29, 0.717) is 16.5 Å². The fraction of sp³-hybridized carbons (Fsp3) is 0.531. The maximum atomic E-state index is 12.9. The number of nitrogens with zero attached hydrogens (tertiary/aromatic N) is 4. The van der Waals surface area contributed by atoms with Crippen LogP contribution in [0, 0.1) is 10.8 Å². The zero-order valence-corrected chi connectivity index (χ0v) is 24.5. The summed E-state index contributed by atoms with van der Waals surface area (Å²) in [6.07, 6.45) is 5.42. The Labute approximate surface area is 236 Å². The van der Waals surface area contributed by atoms with Gasteiger partial charge in [0, 0.05) is 43.3 Å². The Balaban J connectivity index is 1.24. The van der Waals surface area contributed by atoms with Crippen LogP contribution in [0.3, 0.4) is 0 Å². The van der Waals surface area contributed by atoms with Crippen molar-refractivity contribution in [3.05, 3.63) is 63.2 Å². The molecule has 206 valence electrons. The van der Waals surface area contributed by atoms with Crippen LogP contribution in [-0.4, -0.2) is 53.0 Å². The quantitative estimate of drug-likeness (QED) is 0.379. The molecule has 0 N–H and O–H groups in total. The van der Waals surface area contributed by atoms with E-state index < -0.39 is 0 Å². The highest BCUT2D eigenvalue weighted by molar-refractivity contribution is 6.35. The summed E-state index contributed by atoms with van der Waals surface area (Å²) in [7, 11) is 0. The van der Waals surface area contributed by atoms with E-state index in [1.165, 1.54) is 17.5 Å². The van der Waals surface area contributed by atoms with Gasteiger partial charge in [-0.1, -0.05) is 44.5 Å². The number of hydrogen-bond donors (Lipinski definition) is 0. The first kappa shape index (κ1) is 26.5. The number of rotatable bonds is 3. The summed E-state index contributed by atoms with van der Waals surface area (Å²) >= 11 is 6.46. The van der Waals surface area contributed by atoms with Gasteiger partial charge in [-0.25, -0.2) is 0 Å². The Bertz CT molecular complexity index is 1500. The van der Waals surface area contributed by atoms with Crippen LogP contribution in [0.5, 0.6) is 0 Å². The lowest BCUT2D eigenvalue weighted by Crippen LogP contribution is -2.53. The van der Waals surface area contributed by atoms with Gasteiger partial charge in [0.25, 0.3) is 5.56 Å². The van der Waals surface area contributed by atoms with Gasteiger partial charge in [0.1, 0.15) is 12.1 Å². The zero-order chi connectivity index (χ0) is 27.7. The largest absolute Gasteiger partial charge is 0.369 e. The van der Waals surface area contributed by atoms with E-state index in [9.17, 15) is 9.59 Å². The zero-order valence-electron chi connectivity index (χ0n) is 23.8. The third-order valence-corrected chi connectivity index (χ3v) is 10.4. The molecule has 3 aromatic rings. The van der Waals surface area contributed by atoms with Crippen LogP contribution in [0.2, 0.25) is 5.02 Å². The van der Waals surface area contributed by atoms with E-state index in [0.717, 1.165) is 68.9 Å². The van der Waals surface area contributed by atoms with Crippen molar-refractivity contribution in [1.29, 1.82) is 0 Å². The summed E-state index contributed by atoms with van der Waals surface area (Å²) in [5.74, 6) is 0.762. The number of benzene rings is 2. The van der Waals surface area contributed by atoms with E-state index in [4.69, 9.17) is 11.6 Å². The summed E-state index contributed by atoms with van der Waals surface area (Å²) in [5.41, 5.74) is 3.43. The van der Waals surface area contributed by atoms with Crippen LogP contribution in [0.4, 0.5) is 5.69 Å². The number of anilines is 1. The molecule has 0 bridgehead atoms. The lowest BCUT2D eigenvalue weighted by molar-refractivity contribution is -0.126. The maximum Gasteiger partial charge on any atom is 0.282 e. The highest BCUT2D eigenvalue weighted by Crippen LogP contribution is 2.49. The fourth-order valence-electron chi connectivity index (χ4n) is 7.31. The number of carbonyl (C=O) groups excluding carboxylic acids is 1. The molecule has 0 spiro atoms. The topological polar surface area (TPSA) is 58.4 Å². The number of fused-ring (bicyclic) bond motifs is 5. The predicted molar refractivity (Wildman–Crippen MR) is 158 cm³/mol. The van der Waals surface area contributed by atoms with Gasteiger partial charge in [-0.05, 0) is 74.8 Å². The Hall–Kier alpha value is -2.70. The van der Waals surface area contributed by atoms with Gasteiger partial charge >= 0.3 is 0 Å². The van der Waals surface area contributed by atoms with E-state index in [1.807, 2.05) is 12.1 Å². The summed E-state index contributed by atoms with van der Waals surface area (Å²) in [5, 5.41) is 0.914. The third kappa shape index (κ3) is 4.05. The van der Waals surface area contributed by atoms with Crippen LogP contribution in [0.1, 0.15) is 71.7 Å². The molecule has 1 aliphatic carbocycles. The number of piperazine rings is 1. The molecule has 3 aliphatic rings. The molecule has 6 rings (SSSR count). The van der Waals surface area contributed by atoms with Crippen molar-refractivity contribution in [3.63, 3.8) is 0 Å². The monoisotopic (exact) mass is 546 g/mol. The highest BCUT2D eigenvalue weighted by Gasteiger charge is 2.45. The van der Waals surface area contributed by atoms with Crippen molar-refractivity contribution in [1.82, 2.24) is 14.5 Å². The second-order valence-corrected chi connectivity index (χ2v) is 13.7. The Kier molecular flexibility index (Phi) is 6.23. The molecule has 2 aliphatic heterocycles. The minimum absolute atomic E-state index is 0.0125. The normalized spacial score (nSPS) is 25.0. The first-order chi connectivity index (χ1) is 18.5. The van der Waals surface area contributed by atoms with Gasteiger partial charge in [0.15, 0.2) is 0 Å². The molecule has 1 aromatic heterocycles. The van der Waals surface area contributed by atoms with Gasteiger partial charge in [-0.15, -0.1) is 0 Å². The van der Waals surface area contributed by atoms with Crippen LogP contribution in [0.25, 0.3) is 16.6 Å². The average Bonchev–Trinajstić information content (AvgIpc) is 3.14. The van der Waals surface area contributed by atoms with Crippen LogP contribution in [-0.2, 0) is 10.2 Å². The number of aldehydes is 1. The minimum Gasteiger partial charge on any atom is -0.369 e. The molecule has 0 unspecified atom stereocenters. The summed E-state index contributed by atoms with van der Waals surface area (Å²) in [6.45, 7) is 14.9. The highest BCUT2D eigenvalue weighted by atomic mass is 35.5. The van der Waals surface area contributed by atoms with Gasteiger partial charge in [0.05, 0.1) is 27.0 Å². The maximum absolute atomic E-state index is 12.9. The van der Waals surface area contributed by atoms with Gasteiger partial charge in [-0.2, -0.15) is 4.98 Å². The number of aromatic nitrogens is 2. The van der Waals surface area contributed by atoms with E-state index >= 15 is 0 Å². The SMILES string of the molecule is CC1(C)c2ccc(N3CCN(C4CCC(C=O)(C(C)(C)C)CC4)CC3)cc2-n2c1nc(=O)c1c(Cl)cccc12. The smallest absolute Gasteiger partial charge is 0.282 e. The molecular weight excluding hydrogens is 508 g/mol. The molecule has 39 heavy (non-hydrogen) atoms. The average molecular weight is 547 g/mol. The standard InChI is InChI=1S/C32H39ClN4O2/c1-30(2,3)32(20-38)13-11-21(12-14-32)35-15-17-36(18-16-35)22-9-10-23-26(19-22)37-25-8-6-7-24(33)27(25)28(39)34-29(37)31(23,4)5/h6-10,19-21H,11-18H2,1-5H3. The van der Waals surface area contributed by atoms with E-state index in [1.54, 1.807) is 6.07 Å². The van der Waals surface area contributed by atoms with Gasteiger partial charge in [0.2, 0.25) is 0 Å². The third-order valence-electron chi connectivity index (χ3n) is 10.1. The van der Waals surface area contributed by atoms with Crippen LogP contribution < -0.4 is 10.5 Å². The molecule has 0 atom stereocenters. The molecule has 2 fully saturated rings. The fourth-order valence-corrected chi connectivity index (χ4v) is 7.56. The molecular formula is C32H39ClN4O2. The molecule has 1 saturated carbocycles. The summed E-state index contributed by atoms with van der Waals surface area (Å²) in [4.78, 5) is 34.6. The van der Waals surface area contributed by atoms with Gasteiger partial charge < -0.3 is 9.69 Å². The first-order valence-electron chi connectivity index (χ1n) is 14.3. The van der Waals surface area contributed by atoms with Crippen molar-refractivity contribution in [2.24, 2.45) is 10.8 Å². The van der Waals surface area contributed by atoms with Crippen molar-refractivity contribution >= 4 is 34.5 Å². The van der Waals surface area contributed by atoms with Crippen molar-refractivity contribution < 1.29 is 4.79 Å². The molecule has 7 heteroatoms. The van der Waals surface area contributed by atoms with E-state index in [-0.39, 0.29) is 21.8 Å².